The molecule has 2 N–H and O–H groups in total. The largest absolute Gasteiger partial charge is 0.369 e. The lowest BCUT2D eigenvalue weighted by atomic mass is 9.85. The van der Waals surface area contributed by atoms with Crippen LogP contribution in [-0.2, 0) is 4.79 Å². The second-order valence-electron chi connectivity index (χ2n) is 4.90. The first-order chi connectivity index (χ1) is 6.40. The summed E-state index contributed by atoms with van der Waals surface area (Å²) in [5, 5.41) is 0. The Bertz CT molecular complexity index is 276. The average molecular weight is 195 g/mol. The van der Waals surface area contributed by atoms with Gasteiger partial charge < -0.3 is 5.73 Å². The van der Waals surface area contributed by atoms with Gasteiger partial charge in [0, 0.05) is 0 Å². The van der Waals surface area contributed by atoms with Crippen molar-refractivity contribution < 1.29 is 4.79 Å². The minimum absolute atomic E-state index is 0.0308. The lowest BCUT2D eigenvalue weighted by molar-refractivity contribution is -0.120. The monoisotopic (exact) mass is 195 g/mol. The lowest BCUT2D eigenvalue weighted by Gasteiger charge is -2.20. The fourth-order valence-electron chi connectivity index (χ4n) is 2.31. The number of rotatable bonds is 3. The van der Waals surface area contributed by atoms with Crippen LogP contribution in [0.15, 0.2) is 11.1 Å². The zero-order valence-corrected chi connectivity index (χ0v) is 9.68. The van der Waals surface area contributed by atoms with E-state index in [1.165, 1.54) is 11.1 Å². The molecule has 2 nitrogen and oxygen atoms in total. The van der Waals surface area contributed by atoms with Crippen molar-refractivity contribution in [1.82, 2.24) is 0 Å². The number of amides is 1. The summed E-state index contributed by atoms with van der Waals surface area (Å²) in [5.74, 6) is -0.198. The molecule has 14 heavy (non-hydrogen) atoms. The zero-order chi connectivity index (χ0) is 10.9. The molecule has 2 heteroatoms. The first kappa shape index (κ1) is 11.3. The molecule has 0 saturated heterocycles. The van der Waals surface area contributed by atoms with Crippen molar-refractivity contribution in [1.29, 1.82) is 0 Å². The van der Waals surface area contributed by atoms with Gasteiger partial charge in [0.2, 0.25) is 5.91 Å². The van der Waals surface area contributed by atoms with Gasteiger partial charge in [-0.3, -0.25) is 4.79 Å². The van der Waals surface area contributed by atoms with E-state index in [2.05, 4.69) is 20.8 Å². The molecule has 1 aliphatic carbocycles. The van der Waals surface area contributed by atoms with Gasteiger partial charge in [-0.2, -0.15) is 0 Å². The van der Waals surface area contributed by atoms with Crippen molar-refractivity contribution in [3.8, 4) is 0 Å². The summed E-state index contributed by atoms with van der Waals surface area (Å²) in [6, 6.07) is 0. The Balaban J connectivity index is 2.98. The lowest BCUT2D eigenvalue weighted by Crippen LogP contribution is -2.24. The van der Waals surface area contributed by atoms with Gasteiger partial charge in [0.25, 0.3) is 0 Å². The van der Waals surface area contributed by atoms with E-state index >= 15 is 0 Å². The summed E-state index contributed by atoms with van der Waals surface area (Å²) in [7, 11) is 0. The highest BCUT2D eigenvalue weighted by atomic mass is 16.1. The molecule has 0 radical (unpaired) electrons. The van der Waals surface area contributed by atoms with Gasteiger partial charge in [-0.25, -0.2) is 0 Å². The maximum Gasteiger partial charge on any atom is 0.224 e. The van der Waals surface area contributed by atoms with E-state index in [0.29, 0.717) is 0 Å². The van der Waals surface area contributed by atoms with Crippen molar-refractivity contribution in [2.24, 2.45) is 17.1 Å². The predicted molar refractivity (Wildman–Crippen MR) is 58.7 cm³/mol. The molecule has 80 valence electrons. The Kier molecular flexibility index (Phi) is 3.03. The summed E-state index contributed by atoms with van der Waals surface area (Å²) >= 11 is 0. The minimum atomic E-state index is -0.167. The SMILES string of the molecule is CCC(C(N)=O)C1=C(C)C(C)(C)CC1. The summed E-state index contributed by atoms with van der Waals surface area (Å²) < 4.78 is 0. The van der Waals surface area contributed by atoms with E-state index in [9.17, 15) is 4.79 Å². The zero-order valence-electron chi connectivity index (χ0n) is 9.68. The molecule has 0 spiro atoms. The third-order valence-electron chi connectivity index (χ3n) is 3.69. The van der Waals surface area contributed by atoms with E-state index in [1.807, 2.05) is 6.92 Å². The van der Waals surface area contributed by atoms with Crippen molar-refractivity contribution in [2.45, 2.75) is 47.0 Å². The molecule has 1 amide bonds. The van der Waals surface area contributed by atoms with Crippen LogP contribution in [0.25, 0.3) is 0 Å². The Hall–Kier alpha value is -0.790. The highest BCUT2D eigenvalue weighted by Crippen LogP contribution is 2.44. The predicted octanol–water partition coefficient (Wildman–Crippen LogP) is 2.63. The molecular weight excluding hydrogens is 174 g/mol. The van der Waals surface area contributed by atoms with Crippen molar-refractivity contribution >= 4 is 5.91 Å². The molecule has 0 aliphatic heterocycles. The molecule has 1 atom stereocenters. The number of nitrogens with two attached hydrogens (primary N) is 1. The third-order valence-corrected chi connectivity index (χ3v) is 3.69. The molecule has 0 aromatic rings. The van der Waals surface area contributed by atoms with E-state index < -0.39 is 0 Å². The molecule has 1 unspecified atom stereocenters. The van der Waals surface area contributed by atoms with Crippen LogP contribution in [0, 0.1) is 11.3 Å². The number of primary amides is 1. The van der Waals surface area contributed by atoms with Crippen LogP contribution >= 0.6 is 0 Å². The van der Waals surface area contributed by atoms with E-state index in [0.717, 1.165) is 19.3 Å². The Labute approximate surface area is 86.6 Å². The molecule has 1 rings (SSSR count). The average Bonchev–Trinajstić information content (AvgIpc) is 2.32. The minimum Gasteiger partial charge on any atom is -0.369 e. The van der Waals surface area contributed by atoms with Gasteiger partial charge in [-0.1, -0.05) is 31.9 Å². The molecule has 0 saturated carbocycles. The van der Waals surface area contributed by atoms with E-state index in [4.69, 9.17) is 5.73 Å². The van der Waals surface area contributed by atoms with Crippen LogP contribution < -0.4 is 5.73 Å². The Morgan fingerprint density at radius 3 is 2.43 bits per heavy atom. The summed E-state index contributed by atoms with van der Waals surface area (Å²) in [6.45, 7) is 8.65. The topological polar surface area (TPSA) is 43.1 Å². The smallest absolute Gasteiger partial charge is 0.224 e. The summed E-state index contributed by atoms with van der Waals surface area (Å²) in [6.07, 6.45) is 3.02. The van der Waals surface area contributed by atoms with Crippen LogP contribution in [0.2, 0.25) is 0 Å². The van der Waals surface area contributed by atoms with Gasteiger partial charge in [-0.15, -0.1) is 0 Å². The number of carbonyl (C=O) groups is 1. The number of hydrogen-bond donors (Lipinski definition) is 1. The second-order valence-corrected chi connectivity index (χ2v) is 4.90. The highest BCUT2D eigenvalue weighted by Gasteiger charge is 2.33. The van der Waals surface area contributed by atoms with Crippen LogP contribution in [0.3, 0.4) is 0 Å². The molecule has 1 aliphatic rings. The van der Waals surface area contributed by atoms with Crippen LogP contribution in [-0.4, -0.2) is 5.91 Å². The maximum atomic E-state index is 11.3. The first-order valence-corrected chi connectivity index (χ1v) is 5.39. The molecule has 0 fully saturated rings. The normalized spacial score (nSPS) is 22.6. The summed E-state index contributed by atoms with van der Waals surface area (Å²) in [4.78, 5) is 11.3. The third kappa shape index (κ3) is 1.84. The van der Waals surface area contributed by atoms with Gasteiger partial charge in [0.1, 0.15) is 0 Å². The number of hydrogen-bond acceptors (Lipinski definition) is 1. The number of carbonyl (C=O) groups excluding carboxylic acids is 1. The quantitative estimate of drug-likeness (QED) is 0.691. The van der Waals surface area contributed by atoms with Crippen LogP contribution in [0.1, 0.15) is 47.0 Å². The first-order valence-electron chi connectivity index (χ1n) is 5.39. The highest BCUT2D eigenvalue weighted by molar-refractivity contribution is 5.80. The van der Waals surface area contributed by atoms with Crippen molar-refractivity contribution in [3.05, 3.63) is 11.1 Å². The summed E-state index contributed by atoms with van der Waals surface area (Å²) in [5.41, 5.74) is 8.34. The number of allylic oxidation sites excluding steroid dienone is 1. The van der Waals surface area contributed by atoms with E-state index in [-0.39, 0.29) is 17.2 Å². The van der Waals surface area contributed by atoms with Crippen molar-refractivity contribution in [2.75, 3.05) is 0 Å². The Morgan fingerprint density at radius 2 is 2.14 bits per heavy atom. The maximum absolute atomic E-state index is 11.3. The molecule has 0 aromatic carbocycles. The molecule has 0 aromatic heterocycles. The molecular formula is C12H21NO. The fourth-order valence-corrected chi connectivity index (χ4v) is 2.31. The van der Waals surface area contributed by atoms with Gasteiger partial charge in [0.15, 0.2) is 0 Å². The van der Waals surface area contributed by atoms with Crippen LogP contribution in [0.4, 0.5) is 0 Å². The van der Waals surface area contributed by atoms with E-state index in [1.54, 1.807) is 0 Å². The van der Waals surface area contributed by atoms with Gasteiger partial charge in [-0.05, 0) is 31.6 Å². The second kappa shape index (κ2) is 3.76. The fraction of sp³-hybridized carbons (Fsp3) is 0.750. The van der Waals surface area contributed by atoms with Gasteiger partial charge >= 0.3 is 0 Å². The van der Waals surface area contributed by atoms with Crippen molar-refractivity contribution in [3.63, 3.8) is 0 Å². The Morgan fingerprint density at radius 1 is 1.57 bits per heavy atom. The molecule has 0 bridgehead atoms. The van der Waals surface area contributed by atoms with Gasteiger partial charge in [0.05, 0.1) is 5.92 Å². The molecule has 0 heterocycles. The standard InChI is InChI=1S/C12H21NO/c1-5-9(11(13)14)10-6-7-12(3,4)8(10)2/h9H,5-7H2,1-4H3,(H2,13,14). The van der Waals surface area contributed by atoms with Crippen LogP contribution in [0.5, 0.6) is 0 Å².